The van der Waals surface area contributed by atoms with Crippen LogP contribution < -0.4 is 10.6 Å². The summed E-state index contributed by atoms with van der Waals surface area (Å²) >= 11 is 1.51. The minimum absolute atomic E-state index is 0.162. The number of amides is 2. The van der Waals surface area contributed by atoms with E-state index in [4.69, 9.17) is 0 Å². The maximum absolute atomic E-state index is 12.9. The maximum atomic E-state index is 12.9. The molecular formula is C24H24N2O2S. The Morgan fingerprint density at radius 2 is 1.72 bits per heavy atom. The fraction of sp³-hybridized carbons (Fsp3) is 0.167. The van der Waals surface area contributed by atoms with Gasteiger partial charge in [0, 0.05) is 17.0 Å². The van der Waals surface area contributed by atoms with Crippen LogP contribution >= 0.6 is 11.3 Å². The molecule has 29 heavy (non-hydrogen) atoms. The van der Waals surface area contributed by atoms with E-state index in [9.17, 15) is 9.59 Å². The molecule has 0 aliphatic rings. The molecule has 0 bridgehead atoms. The Morgan fingerprint density at radius 3 is 2.41 bits per heavy atom. The van der Waals surface area contributed by atoms with Crippen LogP contribution in [0.1, 0.15) is 39.2 Å². The standard InChI is InChI=1S/C24H24N2O2S/c1-17-9-6-7-13-21(17)23(27)26-22(15-20-12-8-14-29-20)24(28)25-16-18(2)19-10-4-3-5-11-19/h3-15,18H,16H2,1-2H3,(H,25,28)(H,26,27)/b22-15-. The zero-order valence-electron chi connectivity index (χ0n) is 16.5. The zero-order chi connectivity index (χ0) is 20.6. The molecule has 148 valence electrons. The van der Waals surface area contributed by atoms with Crippen LogP contribution in [0.3, 0.4) is 0 Å². The third kappa shape index (κ3) is 5.65. The quantitative estimate of drug-likeness (QED) is 0.559. The first kappa shape index (κ1) is 20.6. The van der Waals surface area contributed by atoms with Gasteiger partial charge in [-0.05, 0) is 47.6 Å². The maximum Gasteiger partial charge on any atom is 0.267 e. The Balaban J connectivity index is 1.74. The third-order valence-electron chi connectivity index (χ3n) is 4.65. The minimum atomic E-state index is -0.303. The normalized spacial score (nSPS) is 12.3. The van der Waals surface area contributed by atoms with E-state index in [1.807, 2.05) is 73.0 Å². The highest BCUT2D eigenvalue weighted by Crippen LogP contribution is 2.16. The summed E-state index contributed by atoms with van der Waals surface area (Å²) in [7, 11) is 0. The number of aryl methyl sites for hydroxylation is 1. The summed E-state index contributed by atoms with van der Waals surface area (Å²) < 4.78 is 0. The van der Waals surface area contributed by atoms with Gasteiger partial charge in [0.2, 0.25) is 0 Å². The molecule has 3 aromatic rings. The van der Waals surface area contributed by atoms with Gasteiger partial charge in [-0.2, -0.15) is 0 Å². The lowest BCUT2D eigenvalue weighted by Gasteiger charge is -2.15. The van der Waals surface area contributed by atoms with Crippen molar-refractivity contribution in [2.45, 2.75) is 19.8 Å². The molecule has 2 N–H and O–H groups in total. The third-order valence-corrected chi connectivity index (χ3v) is 5.47. The highest BCUT2D eigenvalue weighted by molar-refractivity contribution is 7.10. The van der Waals surface area contributed by atoms with E-state index in [-0.39, 0.29) is 23.4 Å². The SMILES string of the molecule is Cc1ccccc1C(=O)N/C(=C\c1cccs1)C(=O)NCC(C)c1ccccc1. The van der Waals surface area contributed by atoms with Gasteiger partial charge in [-0.3, -0.25) is 9.59 Å². The predicted octanol–water partition coefficient (Wildman–Crippen LogP) is 4.75. The van der Waals surface area contributed by atoms with Crippen LogP contribution in [0.2, 0.25) is 0 Å². The number of hydrogen-bond acceptors (Lipinski definition) is 3. The van der Waals surface area contributed by atoms with Crippen LogP contribution in [0.25, 0.3) is 6.08 Å². The second-order valence-corrected chi connectivity index (χ2v) is 7.84. The molecule has 0 aliphatic carbocycles. The first-order chi connectivity index (χ1) is 14.0. The van der Waals surface area contributed by atoms with Gasteiger partial charge < -0.3 is 10.6 Å². The molecule has 0 spiro atoms. The van der Waals surface area contributed by atoms with E-state index in [1.165, 1.54) is 11.3 Å². The van der Waals surface area contributed by atoms with Crippen molar-refractivity contribution in [3.05, 3.63) is 99.4 Å². The lowest BCUT2D eigenvalue weighted by Crippen LogP contribution is -2.36. The van der Waals surface area contributed by atoms with Crippen molar-refractivity contribution in [2.24, 2.45) is 0 Å². The highest BCUT2D eigenvalue weighted by Gasteiger charge is 2.17. The lowest BCUT2D eigenvalue weighted by molar-refractivity contribution is -0.117. The fourth-order valence-corrected chi connectivity index (χ4v) is 3.59. The molecule has 4 nitrogen and oxygen atoms in total. The van der Waals surface area contributed by atoms with Gasteiger partial charge in [0.1, 0.15) is 5.70 Å². The van der Waals surface area contributed by atoms with Gasteiger partial charge in [-0.1, -0.05) is 61.5 Å². The lowest BCUT2D eigenvalue weighted by atomic mass is 10.0. The molecule has 1 aromatic heterocycles. The zero-order valence-corrected chi connectivity index (χ0v) is 17.3. The van der Waals surface area contributed by atoms with E-state index in [2.05, 4.69) is 17.6 Å². The smallest absolute Gasteiger partial charge is 0.267 e. The number of carbonyl (C=O) groups excluding carboxylic acids is 2. The second kappa shape index (κ2) is 9.85. The first-order valence-corrected chi connectivity index (χ1v) is 10.4. The highest BCUT2D eigenvalue weighted by atomic mass is 32.1. The fourth-order valence-electron chi connectivity index (χ4n) is 2.93. The summed E-state index contributed by atoms with van der Waals surface area (Å²) in [5.41, 5.74) is 2.80. The average Bonchev–Trinajstić information content (AvgIpc) is 3.25. The molecule has 1 unspecified atom stereocenters. The summed E-state index contributed by atoms with van der Waals surface area (Å²) in [4.78, 5) is 26.5. The van der Waals surface area contributed by atoms with Crippen molar-refractivity contribution in [3.8, 4) is 0 Å². The minimum Gasteiger partial charge on any atom is -0.350 e. The molecule has 5 heteroatoms. The van der Waals surface area contributed by atoms with Crippen LogP contribution in [0.5, 0.6) is 0 Å². The topological polar surface area (TPSA) is 58.2 Å². The van der Waals surface area contributed by atoms with E-state index in [1.54, 1.807) is 12.1 Å². The summed E-state index contributed by atoms with van der Waals surface area (Å²) in [6, 6.07) is 21.2. The number of carbonyl (C=O) groups is 2. The Bertz CT molecular complexity index is 995. The summed E-state index contributed by atoms with van der Waals surface area (Å²) in [5, 5.41) is 7.67. The van der Waals surface area contributed by atoms with Crippen molar-refractivity contribution >= 4 is 29.2 Å². The van der Waals surface area contributed by atoms with Gasteiger partial charge in [-0.15, -0.1) is 11.3 Å². The van der Waals surface area contributed by atoms with E-state index in [0.29, 0.717) is 12.1 Å². The van der Waals surface area contributed by atoms with Crippen LogP contribution in [-0.2, 0) is 4.79 Å². The monoisotopic (exact) mass is 404 g/mol. The molecule has 0 aliphatic heterocycles. The van der Waals surface area contributed by atoms with Crippen molar-refractivity contribution in [1.82, 2.24) is 10.6 Å². The molecule has 0 fully saturated rings. The van der Waals surface area contributed by atoms with Crippen LogP contribution in [0.4, 0.5) is 0 Å². The summed E-state index contributed by atoms with van der Waals surface area (Å²) in [6.45, 7) is 4.41. The van der Waals surface area contributed by atoms with Gasteiger partial charge >= 0.3 is 0 Å². The van der Waals surface area contributed by atoms with Crippen molar-refractivity contribution in [1.29, 1.82) is 0 Å². The first-order valence-electron chi connectivity index (χ1n) is 9.50. The summed E-state index contributed by atoms with van der Waals surface area (Å²) in [6.07, 6.45) is 1.71. The Morgan fingerprint density at radius 1 is 1.00 bits per heavy atom. The molecule has 3 rings (SSSR count). The molecule has 0 saturated heterocycles. The Hall–Kier alpha value is -3.18. The Labute approximate surface area is 175 Å². The average molecular weight is 405 g/mol. The molecule has 2 aromatic carbocycles. The van der Waals surface area contributed by atoms with Crippen molar-refractivity contribution < 1.29 is 9.59 Å². The largest absolute Gasteiger partial charge is 0.350 e. The van der Waals surface area contributed by atoms with Gasteiger partial charge in [0.25, 0.3) is 11.8 Å². The van der Waals surface area contributed by atoms with E-state index >= 15 is 0 Å². The van der Waals surface area contributed by atoms with E-state index < -0.39 is 0 Å². The number of hydrogen-bond donors (Lipinski definition) is 2. The second-order valence-electron chi connectivity index (χ2n) is 6.86. The van der Waals surface area contributed by atoms with Crippen LogP contribution in [0.15, 0.2) is 77.8 Å². The van der Waals surface area contributed by atoms with Crippen LogP contribution in [0, 0.1) is 6.92 Å². The number of rotatable bonds is 7. The van der Waals surface area contributed by atoms with Gasteiger partial charge in [-0.25, -0.2) is 0 Å². The molecule has 2 amide bonds. The molecule has 0 saturated carbocycles. The number of nitrogens with one attached hydrogen (secondary N) is 2. The molecule has 1 heterocycles. The van der Waals surface area contributed by atoms with Gasteiger partial charge in [0.05, 0.1) is 0 Å². The molecule has 1 atom stereocenters. The number of benzene rings is 2. The molecular weight excluding hydrogens is 380 g/mol. The van der Waals surface area contributed by atoms with E-state index in [0.717, 1.165) is 16.0 Å². The summed E-state index contributed by atoms with van der Waals surface area (Å²) in [5.74, 6) is -0.435. The van der Waals surface area contributed by atoms with Crippen LogP contribution in [-0.4, -0.2) is 18.4 Å². The predicted molar refractivity (Wildman–Crippen MR) is 119 cm³/mol. The Kier molecular flexibility index (Phi) is 6.98. The van der Waals surface area contributed by atoms with Crippen molar-refractivity contribution in [3.63, 3.8) is 0 Å². The van der Waals surface area contributed by atoms with Crippen molar-refractivity contribution in [2.75, 3.05) is 6.54 Å². The molecule has 0 radical (unpaired) electrons. The van der Waals surface area contributed by atoms with Gasteiger partial charge in [0.15, 0.2) is 0 Å². The number of thiophene rings is 1.